The lowest BCUT2D eigenvalue weighted by atomic mass is 10.0. The smallest absolute Gasteiger partial charge is 0.268 e. The number of quaternary nitrogens is 1. The number of carbonyl (C=O) groups is 1. The Kier molecular flexibility index (Phi) is 74.5. The Labute approximate surface area is 593 Å². The van der Waals surface area contributed by atoms with Gasteiger partial charge in [-0.2, -0.15) is 0 Å². The van der Waals surface area contributed by atoms with Crippen LogP contribution in [0.4, 0.5) is 0 Å². The quantitative estimate of drug-likeness (QED) is 0.0272. The lowest BCUT2D eigenvalue weighted by Crippen LogP contribution is -2.45. The van der Waals surface area contributed by atoms with Gasteiger partial charge in [0.05, 0.1) is 39.9 Å². The van der Waals surface area contributed by atoms with Gasteiger partial charge in [-0.05, 0) is 64.2 Å². The molecule has 558 valence electrons. The molecule has 0 saturated heterocycles. The molecule has 0 heterocycles. The Morgan fingerprint density at radius 1 is 0.379 bits per heavy atom. The van der Waals surface area contributed by atoms with Crippen LogP contribution in [-0.2, 0) is 18.4 Å². The first kappa shape index (κ1) is 92.9. The maximum atomic E-state index is 13.1. The fraction of sp³-hybridized carbons (Fsp3) is 0.849. The average molecular weight is 1350 g/mol. The minimum absolute atomic E-state index is 0.000386. The Bertz CT molecular complexity index is 1790. The maximum absolute atomic E-state index is 13.1. The van der Waals surface area contributed by atoms with Gasteiger partial charge < -0.3 is 28.8 Å². The summed E-state index contributed by atoms with van der Waals surface area (Å²) < 4.78 is 23.6. The average Bonchev–Trinajstić information content (AvgIpc) is 2.01. The number of unbranched alkanes of at least 4 members (excludes halogenated alkanes) is 55. The van der Waals surface area contributed by atoms with Crippen molar-refractivity contribution in [3.63, 3.8) is 0 Å². The molecular formula is C86H163N2O6P. The molecule has 3 unspecified atom stereocenters. The van der Waals surface area contributed by atoms with Crippen molar-refractivity contribution in [1.82, 2.24) is 5.32 Å². The topological polar surface area (TPSA) is 108 Å². The number of nitrogens with zero attached hydrogens (tertiary/aromatic N) is 1. The molecule has 0 fully saturated rings. The fourth-order valence-corrected chi connectivity index (χ4v) is 13.5. The molecule has 0 aliphatic rings. The number of phosphoric ester groups is 1. The van der Waals surface area contributed by atoms with E-state index < -0.39 is 20.0 Å². The normalized spacial score (nSPS) is 13.8. The molecule has 0 aromatic heterocycles. The highest BCUT2D eigenvalue weighted by Crippen LogP contribution is 2.38. The Morgan fingerprint density at radius 2 is 0.642 bits per heavy atom. The number of nitrogens with one attached hydrogen (secondary N) is 1. The number of carbonyl (C=O) groups excluding carboxylic acids is 1. The van der Waals surface area contributed by atoms with Crippen molar-refractivity contribution in [3.05, 3.63) is 72.9 Å². The Morgan fingerprint density at radius 3 is 0.937 bits per heavy atom. The highest BCUT2D eigenvalue weighted by molar-refractivity contribution is 7.45. The summed E-state index contributed by atoms with van der Waals surface area (Å²) in [6, 6.07) is -0.889. The van der Waals surface area contributed by atoms with E-state index in [-0.39, 0.29) is 19.1 Å². The van der Waals surface area contributed by atoms with E-state index in [9.17, 15) is 19.4 Å². The van der Waals surface area contributed by atoms with Gasteiger partial charge in [0.1, 0.15) is 13.2 Å². The zero-order chi connectivity index (χ0) is 69.0. The van der Waals surface area contributed by atoms with E-state index in [1.807, 2.05) is 27.2 Å². The number of likely N-dealkylation sites (N-methyl/N-ethyl adjacent to an activating group) is 1. The molecular weight excluding hydrogens is 1190 g/mol. The number of hydrogen-bond donors (Lipinski definition) is 2. The van der Waals surface area contributed by atoms with Crippen LogP contribution in [0.5, 0.6) is 0 Å². The predicted molar refractivity (Wildman–Crippen MR) is 417 cm³/mol. The number of rotatable bonds is 78. The van der Waals surface area contributed by atoms with Gasteiger partial charge >= 0.3 is 0 Å². The van der Waals surface area contributed by atoms with Crippen LogP contribution < -0.4 is 10.2 Å². The second kappa shape index (κ2) is 76.1. The summed E-state index contributed by atoms with van der Waals surface area (Å²) in [7, 11) is 1.28. The number of aliphatic hydroxyl groups is 1. The van der Waals surface area contributed by atoms with Crippen LogP contribution >= 0.6 is 7.82 Å². The second-order valence-corrected chi connectivity index (χ2v) is 31.2. The Balaban J connectivity index is 3.91. The largest absolute Gasteiger partial charge is 0.756 e. The monoisotopic (exact) mass is 1350 g/mol. The lowest BCUT2D eigenvalue weighted by molar-refractivity contribution is -0.870. The first-order valence-electron chi connectivity index (χ1n) is 41.8. The third-order valence-electron chi connectivity index (χ3n) is 19.2. The summed E-state index contributed by atoms with van der Waals surface area (Å²) >= 11 is 0. The Hall–Kier alpha value is -2.06. The zero-order valence-corrected chi connectivity index (χ0v) is 65.0. The van der Waals surface area contributed by atoms with Crippen LogP contribution in [-0.4, -0.2) is 68.5 Å². The number of allylic oxidation sites excluding steroid dienone is 11. The molecule has 2 N–H and O–H groups in total. The van der Waals surface area contributed by atoms with Crippen molar-refractivity contribution in [1.29, 1.82) is 0 Å². The molecule has 8 nitrogen and oxygen atoms in total. The first-order valence-corrected chi connectivity index (χ1v) is 43.3. The van der Waals surface area contributed by atoms with Gasteiger partial charge in [0.2, 0.25) is 5.91 Å². The van der Waals surface area contributed by atoms with Crippen LogP contribution in [0.1, 0.15) is 418 Å². The molecule has 0 saturated carbocycles. The van der Waals surface area contributed by atoms with Crippen molar-refractivity contribution in [2.75, 3.05) is 40.9 Å². The maximum Gasteiger partial charge on any atom is 0.268 e. The predicted octanol–water partition coefficient (Wildman–Crippen LogP) is 27.0. The fourth-order valence-electron chi connectivity index (χ4n) is 12.8. The van der Waals surface area contributed by atoms with Crippen molar-refractivity contribution in [3.8, 4) is 0 Å². The van der Waals surface area contributed by atoms with Crippen molar-refractivity contribution >= 4 is 13.7 Å². The molecule has 9 heteroatoms. The summed E-state index contributed by atoms with van der Waals surface area (Å²) in [5.74, 6) is -0.189. The minimum Gasteiger partial charge on any atom is -0.756 e. The van der Waals surface area contributed by atoms with Crippen LogP contribution in [0, 0.1) is 0 Å². The van der Waals surface area contributed by atoms with Crippen molar-refractivity contribution in [2.24, 2.45) is 0 Å². The summed E-state index contributed by atoms with van der Waals surface area (Å²) in [4.78, 5) is 25.7. The van der Waals surface area contributed by atoms with E-state index in [0.29, 0.717) is 17.4 Å². The molecule has 0 aromatic rings. The van der Waals surface area contributed by atoms with Gasteiger partial charge in [0.15, 0.2) is 0 Å². The van der Waals surface area contributed by atoms with Crippen LogP contribution in [0.3, 0.4) is 0 Å². The summed E-state index contributed by atoms with van der Waals surface area (Å²) in [5, 5.41) is 14.0. The summed E-state index contributed by atoms with van der Waals surface area (Å²) in [5.41, 5.74) is 0. The number of aliphatic hydroxyl groups excluding tert-OH is 1. The second-order valence-electron chi connectivity index (χ2n) is 29.8. The lowest BCUT2D eigenvalue weighted by Gasteiger charge is -2.29. The summed E-state index contributed by atoms with van der Waals surface area (Å²) in [6.45, 7) is 4.60. The van der Waals surface area contributed by atoms with Crippen LogP contribution in [0.15, 0.2) is 72.9 Å². The molecule has 0 aromatic carbocycles. The van der Waals surface area contributed by atoms with Crippen molar-refractivity contribution in [2.45, 2.75) is 431 Å². The standard InChI is InChI=1S/C86H163N2O6P/c1-6-8-10-12-14-16-18-20-22-24-26-28-30-32-34-36-38-40-41-42-43-44-45-46-47-48-50-52-54-56-58-60-62-64-66-68-70-72-74-76-78-80-86(90)87-84(83-94-95(91,92)93-82-81-88(3,4)5)85(89)79-77-75-73-71-69-67-65-63-61-59-57-55-53-51-49-39-37-35-33-31-29-27-25-23-21-19-17-15-13-11-9-7-2/h8,10,14,16,20,22,26,28,32,34,77,79,84-85,89H,6-7,9,11-13,15,17-19,21,23-25,27,29-31,33,35-76,78,80-83H2,1-5H3,(H-,87,90,91,92)/b10-8-,16-14-,22-20-,28-26-,34-32-,79-77+. The van der Waals surface area contributed by atoms with Gasteiger partial charge in [0, 0.05) is 6.42 Å². The van der Waals surface area contributed by atoms with Gasteiger partial charge in [-0.25, -0.2) is 0 Å². The molecule has 0 bridgehead atoms. The molecule has 0 aliphatic heterocycles. The number of phosphoric acid groups is 1. The van der Waals surface area contributed by atoms with Gasteiger partial charge in [-0.15, -0.1) is 0 Å². The molecule has 0 spiro atoms. The molecule has 0 aliphatic carbocycles. The third-order valence-corrected chi connectivity index (χ3v) is 20.1. The molecule has 0 rings (SSSR count). The minimum atomic E-state index is -4.61. The van der Waals surface area contributed by atoms with E-state index >= 15 is 0 Å². The van der Waals surface area contributed by atoms with E-state index in [1.165, 1.54) is 327 Å². The van der Waals surface area contributed by atoms with E-state index in [2.05, 4.69) is 79.9 Å². The molecule has 3 atom stereocenters. The molecule has 1 amide bonds. The van der Waals surface area contributed by atoms with E-state index in [0.717, 1.165) is 70.6 Å². The van der Waals surface area contributed by atoms with E-state index in [4.69, 9.17) is 9.05 Å². The van der Waals surface area contributed by atoms with Gasteiger partial charge in [0.25, 0.3) is 7.82 Å². The van der Waals surface area contributed by atoms with E-state index in [1.54, 1.807) is 6.08 Å². The summed E-state index contributed by atoms with van der Waals surface area (Å²) in [6.07, 6.45) is 108. The van der Waals surface area contributed by atoms with Crippen molar-refractivity contribution < 1.29 is 32.9 Å². The zero-order valence-electron chi connectivity index (χ0n) is 64.1. The number of hydrogen-bond acceptors (Lipinski definition) is 6. The van der Waals surface area contributed by atoms with Gasteiger partial charge in [-0.3, -0.25) is 9.36 Å². The highest BCUT2D eigenvalue weighted by atomic mass is 31.2. The molecule has 95 heavy (non-hydrogen) atoms. The SMILES string of the molecule is CC/C=C\C/C=C\C/C=C\C/C=C\C/C=C\CCCCCCCCCCCCCCCCCCCCCCCCCCCC(=O)NC(COP(=O)([O-])OCC[N+](C)(C)C)C(O)/C=C/CCCCCCCCCCCCCCCCCCCCCCCCCCCCCCCC. The number of amides is 1. The van der Waals surface area contributed by atoms with Gasteiger partial charge in [-0.1, -0.05) is 421 Å². The van der Waals surface area contributed by atoms with Crippen LogP contribution in [0.2, 0.25) is 0 Å². The third kappa shape index (κ3) is 79.1. The first-order chi connectivity index (χ1) is 46.5. The highest BCUT2D eigenvalue weighted by Gasteiger charge is 2.23. The molecule has 0 radical (unpaired) electrons. The van der Waals surface area contributed by atoms with Crippen LogP contribution in [0.25, 0.3) is 0 Å².